The molecule has 2 aromatic carbocycles. The summed E-state index contributed by atoms with van der Waals surface area (Å²) in [6.07, 6.45) is 0. The summed E-state index contributed by atoms with van der Waals surface area (Å²) in [6, 6.07) is 15.3. The van der Waals surface area contributed by atoms with Crippen molar-refractivity contribution in [1.29, 1.82) is 0 Å². The zero-order chi connectivity index (χ0) is 10.7. The minimum absolute atomic E-state index is 0.294. The zero-order valence-electron chi connectivity index (χ0n) is 8.57. The monoisotopic (exact) mass is 199 g/mol. The molecule has 2 N–H and O–H groups in total. The molecule has 0 aromatic heterocycles. The number of nitrogens with one attached hydrogen (secondary N) is 1. The van der Waals surface area contributed by atoms with Gasteiger partial charge in [0.05, 0.1) is 0 Å². The number of benzene rings is 2. The third-order valence-electron chi connectivity index (χ3n) is 2.33. The molecule has 0 unspecified atom stereocenters. The van der Waals surface area contributed by atoms with E-state index in [1.807, 2.05) is 37.4 Å². The van der Waals surface area contributed by atoms with Crippen molar-refractivity contribution in [2.75, 3.05) is 12.4 Å². The molecule has 0 aliphatic carbocycles. The van der Waals surface area contributed by atoms with E-state index in [9.17, 15) is 5.11 Å². The van der Waals surface area contributed by atoms with Crippen LogP contribution in [-0.2, 0) is 0 Å². The van der Waals surface area contributed by atoms with Gasteiger partial charge in [0, 0.05) is 12.7 Å². The fraction of sp³-hybridized carbons (Fsp3) is 0.0769. The molecule has 0 amide bonds. The van der Waals surface area contributed by atoms with Gasteiger partial charge in [-0.25, -0.2) is 0 Å². The van der Waals surface area contributed by atoms with Gasteiger partial charge >= 0.3 is 0 Å². The molecule has 2 aromatic rings. The first-order valence-electron chi connectivity index (χ1n) is 4.87. The normalized spacial score (nSPS) is 9.93. The van der Waals surface area contributed by atoms with Crippen LogP contribution in [0.25, 0.3) is 11.1 Å². The van der Waals surface area contributed by atoms with Crippen LogP contribution in [0.2, 0.25) is 0 Å². The molecule has 0 atom stereocenters. The quantitative estimate of drug-likeness (QED) is 0.779. The van der Waals surface area contributed by atoms with Gasteiger partial charge in [0.2, 0.25) is 0 Å². The summed E-state index contributed by atoms with van der Waals surface area (Å²) in [5, 5.41) is 12.5. The van der Waals surface area contributed by atoms with Crippen LogP contribution >= 0.6 is 0 Å². The fourth-order valence-electron chi connectivity index (χ4n) is 1.54. The Hall–Kier alpha value is -1.96. The van der Waals surface area contributed by atoms with Gasteiger partial charge in [-0.2, -0.15) is 0 Å². The molecule has 2 rings (SSSR count). The molecule has 0 bridgehead atoms. The van der Waals surface area contributed by atoms with Gasteiger partial charge in [-0.3, -0.25) is 0 Å². The molecular weight excluding hydrogens is 186 g/mol. The number of phenolic OH excluding ortho intramolecular Hbond substituents is 1. The average molecular weight is 199 g/mol. The van der Waals surface area contributed by atoms with Gasteiger partial charge in [-0.15, -0.1) is 0 Å². The van der Waals surface area contributed by atoms with Crippen LogP contribution in [0, 0.1) is 0 Å². The predicted octanol–water partition coefficient (Wildman–Crippen LogP) is 3.10. The van der Waals surface area contributed by atoms with Crippen molar-refractivity contribution < 1.29 is 5.11 Å². The minimum Gasteiger partial charge on any atom is -0.508 e. The Morgan fingerprint density at radius 2 is 1.60 bits per heavy atom. The Kier molecular flexibility index (Phi) is 2.59. The lowest BCUT2D eigenvalue weighted by molar-refractivity contribution is 0.475. The molecule has 0 spiro atoms. The Morgan fingerprint density at radius 1 is 0.933 bits per heavy atom. The van der Waals surface area contributed by atoms with E-state index in [1.165, 1.54) is 0 Å². The predicted molar refractivity (Wildman–Crippen MR) is 63.1 cm³/mol. The van der Waals surface area contributed by atoms with Gasteiger partial charge in [0.1, 0.15) is 5.75 Å². The molecule has 76 valence electrons. The Balaban J connectivity index is 2.44. The molecule has 15 heavy (non-hydrogen) atoms. The Labute approximate surface area is 89.2 Å². The summed E-state index contributed by atoms with van der Waals surface area (Å²) in [6.45, 7) is 0. The van der Waals surface area contributed by atoms with E-state index >= 15 is 0 Å². The van der Waals surface area contributed by atoms with Crippen LogP contribution in [0.1, 0.15) is 0 Å². The van der Waals surface area contributed by atoms with E-state index in [0.717, 1.165) is 16.8 Å². The molecule has 0 fully saturated rings. The molecule has 0 radical (unpaired) electrons. The Morgan fingerprint density at radius 3 is 2.27 bits per heavy atom. The van der Waals surface area contributed by atoms with Crippen molar-refractivity contribution in [3.63, 3.8) is 0 Å². The second-order valence-electron chi connectivity index (χ2n) is 3.38. The highest BCUT2D eigenvalue weighted by Gasteiger charge is 1.98. The van der Waals surface area contributed by atoms with Crippen molar-refractivity contribution in [3.05, 3.63) is 48.5 Å². The van der Waals surface area contributed by atoms with Crippen molar-refractivity contribution in [3.8, 4) is 16.9 Å². The summed E-state index contributed by atoms with van der Waals surface area (Å²) in [5.41, 5.74) is 3.18. The van der Waals surface area contributed by atoms with Crippen LogP contribution in [0.5, 0.6) is 5.75 Å². The highest BCUT2D eigenvalue weighted by molar-refractivity contribution is 5.69. The fourth-order valence-corrected chi connectivity index (χ4v) is 1.54. The first kappa shape index (κ1) is 9.59. The smallest absolute Gasteiger partial charge is 0.116 e. The van der Waals surface area contributed by atoms with Gasteiger partial charge in [0.25, 0.3) is 0 Å². The van der Waals surface area contributed by atoms with Crippen molar-refractivity contribution >= 4 is 5.69 Å². The van der Waals surface area contributed by atoms with Gasteiger partial charge in [-0.1, -0.05) is 24.3 Å². The molecule has 2 heteroatoms. The van der Waals surface area contributed by atoms with Gasteiger partial charge in [0.15, 0.2) is 0 Å². The zero-order valence-corrected chi connectivity index (χ0v) is 8.57. The number of phenols is 1. The van der Waals surface area contributed by atoms with E-state index in [-0.39, 0.29) is 0 Å². The summed E-state index contributed by atoms with van der Waals surface area (Å²) in [5.74, 6) is 0.294. The van der Waals surface area contributed by atoms with Crippen molar-refractivity contribution in [1.82, 2.24) is 0 Å². The Bertz CT molecular complexity index is 466. The van der Waals surface area contributed by atoms with Crippen LogP contribution < -0.4 is 5.32 Å². The highest BCUT2D eigenvalue weighted by Crippen LogP contribution is 2.25. The van der Waals surface area contributed by atoms with Crippen LogP contribution in [0.15, 0.2) is 48.5 Å². The summed E-state index contributed by atoms with van der Waals surface area (Å²) in [7, 11) is 1.89. The highest BCUT2D eigenvalue weighted by atomic mass is 16.3. The van der Waals surface area contributed by atoms with E-state index in [0.29, 0.717) is 5.75 Å². The van der Waals surface area contributed by atoms with E-state index in [4.69, 9.17) is 0 Å². The van der Waals surface area contributed by atoms with Crippen molar-refractivity contribution in [2.45, 2.75) is 0 Å². The lowest BCUT2D eigenvalue weighted by Crippen LogP contribution is -1.87. The maximum atomic E-state index is 9.39. The third kappa shape index (κ3) is 2.10. The summed E-state index contributed by atoms with van der Waals surface area (Å²) < 4.78 is 0. The first-order valence-corrected chi connectivity index (χ1v) is 4.87. The number of hydrogen-bond acceptors (Lipinski definition) is 2. The average Bonchev–Trinajstić information content (AvgIpc) is 2.29. The standard InChI is InChI=1S/C13H13NO/c1-14-12-6-2-4-10(8-12)11-5-3-7-13(15)9-11/h2-9,14-15H,1H3. The van der Waals surface area contributed by atoms with E-state index in [2.05, 4.69) is 11.4 Å². The second kappa shape index (κ2) is 4.05. The molecule has 0 heterocycles. The molecule has 0 saturated heterocycles. The number of aromatic hydroxyl groups is 1. The van der Waals surface area contributed by atoms with E-state index in [1.54, 1.807) is 12.1 Å². The minimum atomic E-state index is 0.294. The topological polar surface area (TPSA) is 32.3 Å². The molecular formula is C13H13NO. The lowest BCUT2D eigenvalue weighted by atomic mass is 10.1. The van der Waals surface area contributed by atoms with Crippen molar-refractivity contribution in [2.24, 2.45) is 0 Å². The largest absolute Gasteiger partial charge is 0.508 e. The molecule has 2 nitrogen and oxygen atoms in total. The van der Waals surface area contributed by atoms with Crippen LogP contribution in [-0.4, -0.2) is 12.2 Å². The lowest BCUT2D eigenvalue weighted by Gasteiger charge is -2.05. The second-order valence-corrected chi connectivity index (χ2v) is 3.38. The van der Waals surface area contributed by atoms with E-state index < -0.39 is 0 Å². The molecule has 0 saturated carbocycles. The maximum Gasteiger partial charge on any atom is 0.116 e. The number of hydrogen-bond donors (Lipinski definition) is 2. The van der Waals surface area contributed by atoms with Gasteiger partial charge in [-0.05, 0) is 35.4 Å². The summed E-state index contributed by atoms with van der Waals surface area (Å²) >= 11 is 0. The molecule has 0 aliphatic heterocycles. The number of rotatable bonds is 2. The number of anilines is 1. The maximum absolute atomic E-state index is 9.39. The van der Waals surface area contributed by atoms with Crippen LogP contribution in [0.3, 0.4) is 0 Å². The first-order chi connectivity index (χ1) is 7.29. The van der Waals surface area contributed by atoms with Gasteiger partial charge < -0.3 is 10.4 Å². The SMILES string of the molecule is CNc1cccc(-c2cccc(O)c2)c1. The summed E-state index contributed by atoms with van der Waals surface area (Å²) in [4.78, 5) is 0. The third-order valence-corrected chi connectivity index (χ3v) is 2.33. The van der Waals surface area contributed by atoms with Crippen LogP contribution in [0.4, 0.5) is 5.69 Å². The molecule has 0 aliphatic rings.